The third kappa shape index (κ3) is 2.90. The first kappa shape index (κ1) is 11.3. The quantitative estimate of drug-likeness (QED) is 0.859. The summed E-state index contributed by atoms with van der Waals surface area (Å²) in [6, 6.07) is 7.21. The highest BCUT2D eigenvalue weighted by Crippen LogP contribution is 2.12. The minimum Gasteiger partial charge on any atom is -0.384 e. The van der Waals surface area contributed by atoms with E-state index in [1.807, 2.05) is 0 Å². The van der Waals surface area contributed by atoms with Gasteiger partial charge in [-0.25, -0.2) is 13.8 Å². The van der Waals surface area contributed by atoms with Crippen LogP contribution in [0.1, 0.15) is 5.56 Å². The molecule has 0 radical (unpaired) electrons. The molecule has 5 heteroatoms. The van der Waals surface area contributed by atoms with E-state index in [1.165, 1.54) is 6.07 Å². The summed E-state index contributed by atoms with van der Waals surface area (Å²) in [5, 5.41) is 3.03. The van der Waals surface area contributed by atoms with E-state index in [2.05, 4.69) is 10.3 Å². The molecule has 2 aromatic rings. The van der Waals surface area contributed by atoms with Gasteiger partial charge in [0.15, 0.2) is 11.6 Å². The summed E-state index contributed by atoms with van der Waals surface area (Å²) in [7, 11) is 0. The predicted molar refractivity (Wildman–Crippen MR) is 62.3 cm³/mol. The first-order chi connectivity index (χ1) is 8.15. The number of rotatable bonds is 3. The maximum absolute atomic E-state index is 12.9. The van der Waals surface area contributed by atoms with Crippen molar-refractivity contribution < 1.29 is 8.78 Å². The van der Waals surface area contributed by atoms with Crippen molar-refractivity contribution in [3.8, 4) is 0 Å². The van der Waals surface area contributed by atoms with Gasteiger partial charge in [-0.3, -0.25) is 0 Å². The number of halogens is 2. The summed E-state index contributed by atoms with van der Waals surface area (Å²) in [5.74, 6) is -1.26. The summed E-state index contributed by atoms with van der Waals surface area (Å²) in [6.45, 7) is 0.392. The Balaban J connectivity index is 2.02. The van der Waals surface area contributed by atoms with Gasteiger partial charge in [-0.15, -0.1) is 0 Å². The highest BCUT2D eigenvalue weighted by atomic mass is 19.2. The minimum atomic E-state index is -0.847. The van der Waals surface area contributed by atoms with E-state index >= 15 is 0 Å². The number of anilines is 2. The topological polar surface area (TPSA) is 50.9 Å². The molecule has 3 N–H and O–H groups in total. The highest BCUT2D eigenvalue weighted by molar-refractivity contribution is 5.45. The van der Waals surface area contributed by atoms with E-state index in [9.17, 15) is 8.78 Å². The third-order valence-electron chi connectivity index (χ3n) is 2.27. The number of benzene rings is 1. The fraction of sp³-hybridized carbons (Fsp3) is 0.0833. The largest absolute Gasteiger partial charge is 0.384 e. The van der Waals surface area contributed by atoms with Crippen molar-refractivity contribution in [2.75, 3.05) is 11.1 Å². The van der Waals surface area contributed by atoms with Gasteiger partial charge in [-0.05, 0) is 29.8 Å². The molecule has 0 saturated carbocycles. The maximum atomic E-state index is 12.9. The van der Waals surface area contributed by atoms with Crippen LogP contribution in [0.3, 0.4) is 0 Å². The lowest BCUT2D eigenvalue weighted by Crippen LogP contribution is -2.01. The van der Waals surface area contributed by atoms with E-state index in [4.69, 9.17) is 5.73 Å². The second kappa shape index (κ2) is 4.78. The molecule has 1 heterocycles. The third-order valence-corrected chi connectivity index (χ3v) is 2.27. The van der Waals surface area contributed by atoms with Crippen LogP contribution in [0, 0.1) is 11.6 Å². The lowest BCUT2D eigenvalue weighted by Gasteiger charge is -2.06. The standard InChI is InChI=1S/C12H11F2N3/c13-10-3-1-8(5-11(10)14)6-16-9-2-4-12(15)17-7-9/h1-5,7,16H,6H2,(H2,15,17). The molecule has 0 fully saturated rings. The molecule has 0 unspecified atom stereocenters. The summed E-state index contributed by atoms with van der Waals surface area (Å²) >= 11 is 0. The molecule has 0 atom stereocenters. The van der Waals surface area contributed by atoms with Crippen LogP contribution in [0.2, 0.25) is 0 Å². The summed E-state index contributed by atoms with van der Waals surface area (Å²) in [4.78, 5) is 3.90. The number of nitrogen functional groups attached to an aromatic ring is 1. The minimum absolute atomic E-state index is 0.392. The Morgan fingerprint density at radius 3 is 2.59 bits per heavy atom. The monoisotopic (exact) mass is 235 g/mol. The van der Waals surface area contributed by atoms with Crippen molar-refractivity contribution in [1.82, 2.24) is 4.98 Å². The van der Waals surface area contributed by atoms with Gasteiger partial charge in [0, 0.05) is 6.54 Å². The second-order valence-corrected chi connectivity index (χ2v) is 3.57. The number of nitrogens with two attached hydrogens (primary N) is 1. The zero-order valence-corrected chi connectivity index (χ0v) is 8.95. The van der Waals surface area contributed by atoms with Crippen LogP contribution in [-0.2, 0) is 6.54 Å². The Morgan fingerprint density at radius 2 is 1.94 bits per heavy atom. The number of nitrogens with one attached hydrogen (secondary N) is 1. The number of aromatic nitrogens is 1. The van der Waals surface area contributed by atoms with Crippen LogP contribution in [0.15, 0.2) is 36.5 Å². The molecule has 2 rings (SSSR count). The SMILES string of the molecule is Nc1ccc(NCc2ccc(F)c(F)c2)cn1. The normalized spacial score (nSPS) is 10.2. The van der Waals surface area contributed by atoms with Crippen molar-refractivity contribution in [3.05, 3.63) is 53.7 Å². The zero-order valence-electron chi connectivity index (χ0n) is 8.95. The molecule has 3 nitrogen and oxygen atoms in total. The zero-order chi connectivity index (χ0) is 12.3. The van der Waals surface area contributed by atoms with Gasteiger partial charge >= 0.3 is 0 Å². The van der Waals surface area contributed by atoms with Gasteiger partial charge < -0.3 is 11.1 Å². The Labute approximate surface area is 97.3 Å². The van der Waals surface area contributed by atoms with Gasteiger partial charge in [-0.1, -0.05) is 6.07 Å². The molecule has 0 amide bonds. The molecular weight excluding hydrogens is 224 g/mol. The van der Waals surface area contributed by atoms with E-state index in [-0.39, 0.29) is 0 Å². The first-order valence-electron chi connectivity index (χ1n) is 5.04. The van der Waals surface area contributed by atoms with Crippen LogP contribution >= 0.6 is 0 Å². The first-order valence-corrected chi connectivity index (χ1v) is 5.04. The van der Waals surface area contributed by atoms with Crippen molar-refractivity contribution in [2.45, 2.75) is 6.54 Å². The van der Waals surface area contributed by atoms with Crippen LogP contribution in [0.4, 0.5) is 20.3 Å². The molecule has 0 aliphatic carbocycles. The Hall–Kier alpha value is -2.17. The Bertz CT molecular complexity index is 512. The van der Waals surface area contributed by atoms with Crippen LogP contribution < -0.4 is 11.1 Å². The lowest BCUT2D eigenvalue weighted by molar-refractivity contribution is 0.507. The van der Waals surface area contributed by atoms with Gasteiger partial charge in [0.05, 0.1) is 11.9 Å². The molecule has 17 heavy (non-hydrogen) atoms. The van der Waals surface area contributed by atoms with Crippen LogP contribution in [-0.4, -0.2) is 4.98 Å². The highest BCUT2D eigenvalue weighted by Gasteiger charge is 2.02. The fourth-order valence-corrected chi connectivity index (χ4v) is 1.36. The summed E-state index contributed by atoms with van der Waals surface area (Å²) in [5.41, 5.74) is 6.86. The molecule has 0 saturated heterocycles. The number of hydrogen-bond acceptors (Lipinski definition) is 3. The molecular formula is C12H11F2N3. The van der Waals surface area contributed by atoms with Gasteiger partial charge in [-0.2, -0.15) is 0 Å². The number of pyridine rings is 1. The van der Waals surface area contributed by atoms with Gasteiger partial charge in [0.25, 0.3) is 0 Å². The van der Waals surface area contributed by atoms with Crippen LogP contribution in [0.5, 0.6) is 0 Å². The van der Waals surface area contributed by atoms with Crippen molar-refractivity contribution in [2.24, 2.45) is 0 Å². The predicted octanol–water partition coefficient (Wildman–Crippen LogP) is 2.55. The van der Waals surface area contributed by atoms with E-state index in [0.29, 0.717) is 17.9 Å². The van der Waals surface area contributed by atoms with Crippen molar-refractivity contribution in [1.29, 1.82) is 0 Å². The average Bonchev–Trinajstić information content (AvgIpc) is 2.33. The molecule has 88 valence electrons. The van der Waals surface area contributed by atoms with Gasteiger partial charge in [0.2, 0.25) is 0 Å². The average molecular weight is 235 g/mol. The number of nitrogens with zero attached hydrogens (tertiary/aromatic N) is 1. The van der Waals surface area contributed by atoms with Crippen molar-refractivity contribution in [3.63, 3.8) is 0 Å². The smallest absolute Gasteiger partial charge is 0.159 e. The summed E-state index contributed by atoms with van der Waals surface area (Å²) in [6.07, 6.45) is 1.58. The Morgan fingerprint density at radius 1 is 1.12 bits per heavy atom. The Kier molecular flexibility index (Phi) is 3.18. The fourth-order valence-electron chi connectivity index (χ4n) is 1.36. The lowest BCUT2D eigenvalue weighted by atomic mass is 10.2. The number of hydrogen-bond donors (Lipinski definition) is 2. The molecule has 0 aliphatic rings. The molecule has 1 aromatic heterocycles. The molecule has 1 aromatic carbocycles. The van der Waals surface area contributed by atoms with Gasteiger partial charge in [0.1, 0.15) is 5.82 Å². The summed E-state index contributed by atoms with van der Waals surface area (Å²) < 4.78 is 25.6. The molecule has 0 bridgehead atoms. The van der Waals surface area contributed by atoms with Crippen molar-refractivity contribution >= 4 is 11.5 Å². The maximum Gasteiger partial charge on any atom is 0.159 e. The van der Waals surface area contributed by atoms with E-state index in [0.717, 1.165) is 17.8 Å². The molecule has 0 spiro atoms. The van der Waals surface area contributed by atoms with Crippen LogP contribution in [0.25, 0.3) is 0 Å². The molecule has 0 aliphatic heterocycles. The van der Waals surface area contributed by atoms with E-state index < -0.39 is 11.6 Å². The van der Waals surface area contributed by atoms with E-state index in [1.54, 1.807) is 18.3 Å². The second-order valence-electron chi connectivity index (χ2n) is 3.57.